The van der Waals surface area contributed by atoms with E-state index in [4.69, 9.17) is 4.74 Å². The lowest BCUT2D eigenvalue weighted by molar-refractivity contribution is -0.0318. The molecule has 1 aliphatic heterocycles. The van der Waals surface area contributed by atoms with Crippen LogP contribution in [0.3, 0.4) is 0 Å². The maximum absolute atomic E-state index is 13.0. The second-order valence-electron chi connectivity index (χ2n) is 8.29. The quantitative estimate of drug-likeness (QED) is 0.676. The van der Waals surface area contributed by atoms with Crippen molar-refractivity contribution in [2.24, 2.45) is 0 Å². The van der Waals surface area contributed by atoms with Crippen LogP contribution in [-0.2, 0) is 14.8 Å². The SMILES string of the molecule is CCNS(=O)(=O)c1cc(NC2(C)COC2)ccc1-c1cnc(C2CCCCC2)s1. The molecule has 6 nitrogen and oxygen atoms in total. The number of rotatable bonds is 7. The molecule has 1 saturated heterocycles. The van der Waals surface area contributed by atoms with Gasteiger partial charge in [0.2, 0.25) is 10.0 Å². The van der Waals surface area contributed by atoms with Crippen LogP contribution < -0.4 is 10.0 Å². The lowest BCUT2D eigenvalue weighted by Crippen LogP contribution is -2.53. The summed E-state index contributed by atoms with van der Waals surface area (Å²) in [6.45, 7) is 5.44. The third-order valence-corrected chi connectivity index (χ3v) is 8.41. The lowest BCUT2D eigenvalue weighted by atomic mass is 9.90. The van der Waals surface area contributed by atoms with Crippen molar-refractivity contribution >= 4 is 27.0 Å². The zero-order chi connectivity index (χ0) is 20.5. The van der Waals surface area contributed by atoms with Crippen molar-refractivity contribution in [3.8, 4) is 10.4 Å². The van der Waals surface area contributed by atoms with Gasteiger partial charge in [-0.3, -0.25) is 0 Å². The number of hydrogen-bond donors (Lipinski definition) is 2. The van der Waals surface area contributed by atoms with E-state index in [1.54, 1.807) is 24.3 Å². The average molecular weight is 436 g/mol. The van der Waals surface area contributed by atoms with Gasteiger partial charge in [-0.1, -0.05) is 32.3 Å². The van der Waals surface area contributed by atoms with Gasteiger partial charge in [0, 0.05) is 29.9 Å². The maximum atomic E-state index is 13.0. The normalized spacial score (nSPS) is 19.7. The van der Waals surface area contributed by atoms with Gasteiger partial charge in [0.15, 0.2) is 0 Å². The summed E-state index contributed by atoms with van der Waals surface area (Å²) in [5, 5.41) is 4.55. The van der Waals surface area contributed by atoms with Crippen LogP contribution in [-0.4, -0.2) is 38.7 Å². The Morgan fingerprint density at radius 1 is 1.24 bits per heavy atom. The van der Waals surface area contributed by atoms with Crippen molar-refractivity contribution in [3.63, 3.8) is 0 Å². The molecule has 2 N–H and O–H groups in total. The summed E-state index contributed by atoms with van der Waals surface area (Å²) in [7, 11) is -3.61. The van der Waals surface area contributed by atoms with Crippen molar-refractivity contribution in [1.29, 1.82) is 0 Å². The Kier molecular flexibility index (Phi) is 5.97. The monoisotopic (exact) mass is 435 g/mol. The number of ether oxygens (including phenoxy) is 1. The Bertz CT molecular complexity index is 961. The van der Waals surface area contributed by atoms with E-state index >= 15 is 0 Å². The van der Waals surface area contributed by atoms with Crippen LogP contribution in [0, 0.1) is 0 Å². The van der Waals surface area contributed by atoms with E-state index in [0.717, 1.165) is 15.6 Å². The highest BCUT2D eigenvalue weighted by Gasteiger charge is 2.33. The fraction of sp³-hybridized carbons (Fsp3) is 0.571. The van der Waals surface area contributed by atoms with Crippen LogP contribution in [0.5, 0.6) is 0 Å². The molecule has 2 heterocycles. The standard InChI is InChI=1S/C21H29N3O3S2/c1-3-23-29(25,26)19-11-16(24-21(2)13-27-14-21)9-10-17(19)18-12-22-20(28-18)15-7-5-4-6-8-15/h9-12,15,23-24H,3-8,13-14H2,1-2H3. The Morgan fingerprint density at radius 3 is 2.66 bits per heavy atom. The van der Waals surface area contributed by atoms with E-state index in [-0.39, 0.29) is 5.54 Å². The molecule has 4 rings (SSSR count). The molecule has 0 unspecified atom stereocenters. The molecule has 0 bridgehead atoms. The van der Waals surface area contributed by atoms with E-state index in [9.17, 15) is 8.42 Å². The van der Waals surface area contributed by atoms with E-state index in [1.165, 1.54) is 32.1 Å². The van der Waals surface area contributed by atoms with Gasteiger partial charge in [-0.25, -0.2) is 18.1 Å². The third kappa shape index (κ3) is 4.50. The van der Waals surface area contributed by atoms with Crippen molar-refractivity contribution in [3.05, 3.63) is 29.4 Å². The van der Waals surface area contributed by atoms with E-state index in [0.29, 0.717) is 36.1 Å². The summed E-state index contributed by atoms with van der Waals surface area (Å²) in [5.41, 5.74) is 1.35. The predicted octanol–water partition coefficient (Wildman–Crippen LogP) is 4.36. The minimum atomic E-state index is -3.61. The van der Waals surface area contributed by atoms with E-state index < -0.39 is 10.0 Å². The Hall–Kier alpha value is -1.48. The Labute approximate surface area is 177 Å². The summed E-state index contributed by atoms with van der Waals surface area (Å²) in [4.78, 5) is 5.87. The maximum Gasteiger partial charge on any atom is 0.241 e. The fourth-order valence-corrected chi connectivity index (χ4v) is 6.55. The van der Waals surface area contributed by atoms with Gasteiger partial charge in [-0.05, 0) is 31.9 Å². The number of thiazole rings is 1. The number of nitrogens with zero attached hydrogens (tertiary/aromatic N) is 1. The average Bonchev–Trinajstić information content (AvgIpc) is 3.17. The third-order valence-electron chi connectivity index (χ3n) is 5.64. The first-order chi connectivity index (χ1) is 13.9. The molecule has 0 radical (unpaired) electrons. The first-order valence-corrected chi connectivity index (χ1v) is 12.7. The van der Waals surface area contributed by atoms with Crippen molar-refractivity contribution < 1.29 is 13.2 Å². The van der Waals surface area contributed by atoms with Gasteiger partial charge >= 0.3 is 0 Å². The molecule has 0 atom stereocenters. The number of hydrogen-bond acceptors (Lipinski definition) is 6. The smallest absolute Gasteiger partial charge is 0.241 e. The van der Waals surface area contributed by atoms with Crippen LogP contribution in [0.15, 0.2) is 29.3 Å². The zero-order valence-electron chi connectivity index (χ0n) is 17.0. The predicted molar refractivity (Wildman–Crippen MR) is 117 cm³/mol. The number of sulfonamides is 1. The largest absolute Gasteiger partial charge is 0.376 e. The summed E-state index contributed by atoms with van der Waals surface area (Å²) < 4.78 is 33.9. The molecule has 158 valence electrons. The van der Waals surface area contributed by atoms with Gasteiger partial charge in [-0.15, -0.1) is 11.3 Å². The molecule has 0 amide bonds. The number of nitrogens with one attached hydrogen (secondary N) is 2. The Balaban J connectivity index is 1.69. The molecule has 0 spiro atoms. The molecular formula is C21H29N3O3S2. The van der Waals surface area contributed by atoms with Gasteiger partial charge in [0.05, 0.1) is 33.5 Å². The molecule has 1 saturated carbocycles. The van der Waals surface area contributed by atoms with E-state index in [2.05, 4.69) is 21.9 Å². The molecule has 2 fully saturated rings. The summed E-state index contributed by atoms with van der Waals surface area (Å²) in [6, 6.07) is 5.58. The topological polar surface area (TPSA) is 80.3 Å². The summed E-state index contributed by atoms with van der Waals surface area (Å²) >= 11 is 1.63. The second kappa shape index (κ2) is 8.34. The second-order valence-corrected chi connectivity index (χ2v) is 11.1. The van der Waals surface area contributed by atoms with Gasteiger partial charge < -0.3 is 10.1 Å². The first kappa shape index (κ1) is 20.8. The first-order valence-electron chi connectivity index (χ1n) is 10.4. The van der Waals surface area contributed by atoms with E-state index in [1.807, 2.05) is 18.3 Å². The summed E-state index contributed by atoms with van der Waals surface area (Å²) in [5.74, 6) is 0.510. The lowest BCUT2D eigenvalue weighted by Gasteiger charge is -2.39. The van der Waals surface area contributed by atoms with Crippen LogP contribution in [0.2, 0.25) is 0 Å². The molecule has 2 aromatic rings. The number of aromatic nitrogens is 1. The number of anilines is 1. The minimum absolute atomic E-state index is 0.153. The van der Waals surface area contributed by atoms with Gasteiger partial charge in [0.1, 0.15) is 0 Å². The molecule has 1 aliphatic carbocycles. The molecule has 1 aromatic heterocycles. The van der Waals surface area contributed by atoms with Crippen molar-refractivity contribution in [2.75, 3.05) is 25.1 Å². The summed E-state index contributed by atoms with van der Waals surface area (Å²) in [6.07, 6.45) is 8.00. The van der Waals surface area contributed by atoms with Crippen LogP contribution in [0.4, 0.5) is 5.69 Å². The molecule has 2 aliphatic rings. The van der Waals surface area contributed by atoms with Crippen LogP contribution >= 0.6 is 11.3 Å². The van der Waals surface area contributed by atoms with Crippen molar-refractivity contribution in [1.82, 2.24) is 9.71 Å². The minimum Gasteiger partial charge on any atom is -0.376 e. The number of benzene rings is 1. The molecular weight excluding hydrogens is 406 g/mol. The highest BCUT2D eigenvalue weighted by Crippen LogP contribution is 2.40. The highest BCUT2D eigenvalue weighted by molar-refractivity contribution is 7.89. The van der Waals surface area contributed by atoms with Gasteiger partial charge in [-0.2, -0.15) is 0 Å². The molecule has 1 aromatic carbocycles. The highest BCUT2D eigenvalue weighted by atomic mass is 32.2. The van der Waals surface area contributed by atoms with Crippen LogP contribution in [0.25, 0.3) is 10.4 Å². The van der Waals surface area contributed by atoms with Gasteiger partial charge in [0.25, 0.3) is 0 Å². The van der Waals surface area contributed by atoms with Crippen LogP contribution in [0.1, 0.15) is 56.9 Å². The fourth-order valence-electron chi connectivity index (χ4n) is 4.07. The zero-order valence-corrected chi connectivity index (χ0v) is 18.7. The van der Waals surface area contributed by atoms with Crippen molar-refractivity contribution in [2.45, 2.75) is 62.3 Å². The molecule has 29 heavy (non-hydrogen) atoms. The Morgan fingerprint density at radius 2 is 2.00 bits per heavy atom. The molecule has 8 heteroatoms.